The van der Waals surface area contributed by atoms with Crippen LogP contribution in [0.2, 0.25) is 0 Å². The molecule has 4 heteroatoms. The second kappa shape index (κ2) is 2.68. The van der Waals surface area contributed by atoms with E-state index >= 15 is 0 Å². The molecule has 0 aromatic heterocycles. The van der Waals surface area contributed by atoms with Crippen LogP contribution in [0.25, 0.3) is 0 Å². The maximum absolute atomic E-state index is 10.6. The van der Waals surface area contributed by atoms with Crippen LogP contribution in [-0.4, -0.2) is 29.8 Å². The summed E-state index contributed by atoms with van der Waals surface area (Å²) in [6, 6.07) is -0.350. The molecule has 1 atom stereocenters. The van der Waals surface area contributed by atoms with Gasteiger partial charge in [0.2, 0.25) is 12.3 Å². The summed E-state index contributed by atoms with van der Waals surface area (Å²) < 4.78 is 0. The van der Waals surface area contributed by atoms with Gasteiger partial charge in [-0.25, -0.2) is 0 Å². The van der Waals surface area contributed by atoms with Crippen LogP contribution in [0, 0.1) is 0 Å². The summed E-state index contributed by atoms with van der Waals surface area (Å²) >= 11 is 0. The molecule has 0 unspecified atom stereocenters. The Hall–Kier alpha value is -1.06. The predicted molar refractivity (Wildman–Crippen MR) is 35.0 cm³/mol. The lowest BCUT2D eigenvalue weighted by molar-refractivity contribution is -0.128. The molecule has 0 aromatic rings. The van der Waals surface area contributed by atoms with Gasteiger partial charge in [-0.15, -0.1) is 0 Å². The zero-order valence-corrected chi connectivity index (χ0v) is 5.62. The van der Waals surface area contributed by atoms with Crippen molar-refractivity contribution in [2.75, 3.05) is 6.54 Å². The van der Waals surface area contributed by atoms with Crippen LogP contribution in [-0.2, 0) is 9.59 Å². The maximum Gasteiger partial charge on any atom is 0.240 e. The molecule has 56 valence electrons. The molecule has 2 N–H and O–H groups in total. The quantitative estimate of drug-likeness (QED) is 0.507. The normalized spacial score (nSPS) is 24.8. The third-order valence-corrected chi connectivity index (χ3v) is 1.76. The summed E-state index contributed by atoms with van der Waals surface area (Å²) in [7, 11) is 0. The van der Waals surface area contributed by atoms with Crippen molar-refractivity contribution in [2.24, 2.45) is 5.73 Å². The molecule has 0 aliphatic carbocycles. The van der Waals surface area contributed by atoms with E-state index in [1.54, 1.807) is 0 Å². The Labute approximate surface area is 59.0 Å². The lowest BCUT2D eigenvalue weighted by Gasteiger charge is -2.15. The molecular weight excluding hydrogens is 132 g/mol. The number of nitrogens with two attached hydrogens (primary N) is 1. The highest BCUT2D eigenvalue weighted by atomic mass is 16.2. The van der Waals surface area contributed by atoms with Crippen LogP contribution >= 0.6 is 0 Å². The Balaban J connectivity index is 2.58. The van der Waals surface area contributed by atoms with Crippen LogP contribution in [0.5, 0.6) is 0 Å². The monoisotopic (exact) mass is 142 g/mol. The molecule has 2 amide bonds. The van der Waals surface area contributed by atoms with E-state index in [1.165, 1.54) is 4.90 Å². The molecule has 1 aliphatic heterocycles. The second-order valence-corrected chi connectivity index (χ2v) is 2.40. The topological polar surface area (TPSA) is 63.4 Å². The zero-order valence-electron chi connectivity index (χ0n) is 5.62. The molecule has 0 aromatic carbocycles. The Morgan fingerprint density at radius 3 is 2.80 bits per heavy atom. The van der Waals surface area contributed by atoms with Crippen LogP contribution in [0.3, 0.4) is 0 Å². The average Bonchev–Trinajstić information content (AvgIpc) is 2.33. The van der Waals surface area contributed by atoms with E-state index in [4.69, 9.17) is 5.73 Å². The van der Waals surface area contributed by atoms with Crippen LogP contribution in [0.1, 0.15) is 12.8 Å². The number of hydrogen-bond donors (Lipinski definition) is 1. The first kappa shape index (κ1) is 7.05. The van der Waals surface area contributed by atoms with Gasteiger partial charge in [0.25, 0.3) is 0 Å². The van der Waals surface area contributed by atoms with Gasteiger partial charge in [-0.1, -0.05) is 0 Å². The highest BCUT2D eigenvalue weighted by Gasteiger charge is 2.27. The third-order valence-electron chi connectivity index (χ3n) is 1.76. The first-order valence-electron chi connectivity index (χ1n) is 3.26. The number of rotatable bonds is 2. The first-order chi connectivity index (χ1) is 4.75. The number of nitrogens with zero attached hydrogens (tertiary/aromatic N) is 1. The molecule has 4 nitrogen and oxygen atoms in total. The smallest absolute Gasteiger partial charge is 0.240 e. The molecule has 0 radical (unpaired) electrons. The summed E-state index contributed by atoms with van der Waals surface area (Å²) in [5, 5.41) is 0. The first-order valence-corrected chi connectivity index (χ1v) is 3.26. The summed E-state index contributed by atoms with van der Waals surface area (Å²) in [6.07, 6.45) is 2.28. The molecule has 1 fully saturated rings. The highest BCUT2D eigenvalue weighted by Crippen LogP contribution is 2.13. The van der Waals surface area contributed by atoms with E-state index in [-0.39, 0.29) is 6.04 Å². The molecule has 10 heavy (non-hydrogen) atoms. The van der Waals surface area contributed by atoms with E-state index in [0.29, 0.717) is 19.4 Å². The summed E-state index contributed by atoms with van der Waals surface area (Å²) in [6.45, 7) is 0.664. The lowest BCUT2D eigenvalue weighted by Crippen LogP contribution is -2.39. The van der Waals surface area contributed by atoms with Gasteiger partial charge in [-0.05, 0) is 12.8 Å². The SMILES string of the molecule is NC(=O)[C@@H]1CCCN1C=O. The van der Waals surface area contributed by atoms with E-state index in [0.717, 1.165) is 6.42 Å². The van der Waals surface area contributed by atoms with Crippen LogP contribution in [0.4, 0.5) is 0 Å². The minimum absolute atomic E-state index is 0.350. The van der Waals surface area contributed by atoms with E-state index in [2.05, 4.69) is 0 Å². The van der Waals surface area contributed by atoms with Crippen molar-refractivity contribution in [1.82, 2.24) is 4.90 Å². The number of primary amides is 1. The lowest BCUT2D eigenvalue weighted by atomic mass is 10.2. The molecule has 0 bridgehead atoms. The standard InChI is InChI=1S/C6H10N2O2/c7-6(10)5-2-1-3-8(5)4-9/h4-5H,1-3H2,(H2,7,10)/t5-/m0/s1. The number of hydrogen-bond acceptors (Lipinski definition) is 2. The Morgan fingerprint density at radius 1 is 1.70 bits per heavy atom. The minimum atomic E-state index is -0.399. The molecule has 1 aliphatic rings. The fourth-order valence-corrected chi connectivity index (χ4v) is 1.22. The molecule has 0 spiro atoms. The molecule has 1 rings (SSSR count). The van der Waals surface area contributed by atoms with Crippen molar-refractivity contribution >= 4 is 12.3 Å². The van der Waals surface area contributed by atoms with Gasteiger partial charge in [-0.3, -0.25) is 9.59 Å². The second-order valence-electron chi connectivity index (χ2n) is 2.40. The zero-order chi connectivity index (χ0) is 7.56. The van der Waals surface area contributed by atoms with Gasteiger partial charge < -0.3 is 10.6 Å². The van der Waals surface area contributed by atoms with Gasteiger partial charge in [0.05, 0.1) is 0 Å². The van der Waals surface area contributed by atoms with Crippen molar-refractivity contribution in [3.8, 4) is 0 Å². The van der Waals surface area contributed by atoms with E-state index < -0.39 is 5.91 Å². The van der Waals surface area contributed by atoms with Gasteiger partial charge in [0, 0.05) is 6.54 Å². The molecule has 0 saturated carbocycles. The minimum Gasteiger partial charge on any atom is -0.368 e. The summed E-state index contributed by atoms with van der Waals surface area (Å²) in [5.41, 5.74) is 5.02. The van der Waals surface area contributed by atoms with Crippen molar-refractivity contribution in [2.45, 2.75) is 18.9 Å². The number of carbonyl (C=O) groups excluding carboxylic acids is 2. The third kappa shape index (κ3) is 1.10. The van der Waals surface area contributed by atoms with Crippen LogP contribution < -0.4 is 5.73 Å². The van der Waals surface area contributed by atoms with Gasteiger partial charge in [0.15, 0.2) is 0 Å². The van der Waals surface area contributed by atoms with Crippen molar-refractivity contribution in [3.63, 3.8) is 0 Å². The molecule has 1 heterocycles. The van der Waals surface area contributed by atoms with Crippen molar-refractivity contribution in [1.29, 1.82) is 0 Å². The van der Waals surface area contributed by atoms with Gasteiger partial charge >= 0.3 is 0 Å². The van der Waals surface area contributed by atoms with Crippen molar-refractivity contribution in [3.05, 3.63) is 0 Å². The summed E-state index contributed by atoms with van der Waals surface area (Å²) in [4.78, 5) is 22.3. The molecule has 1 saturated heterocycles. The number of amides is 2. The van der Waals surface area contributed by atoms with Gasteiger partial charge in [-0.2, -0.15) is 0 Å². The van der Waals surface area contributed by atoms with Gasteiger partial charge in [0.1, 0.15) is 6.04 Å². The predicted octanol–water partition coefficient (Wildman–Crippen LogP) is -0.908. The Kier molecular flexibility index (Phi) is 1.89. The number of likely N-dealkylation sites (tertiary alicyclic amines) is 1. The van der Waals surface area contributed by atoms with E-state index in [9.17, 15) is 9.59 Å². The van der Waals surface area contributed by atoms with Crippen molar-refractivity contribution < 1.29 is 9.59 Å². The summed E-state index contributed by atoms with van der Waals surface area (Å²) in [5.74, 6) is -0.399. The average molecular weight is 142 g/mol. The Bertz CT molecular complexity index is 158. The van der Waals surface area contributed by atoms with E-state index in [1.807, 2.05) is 0 Å². The largest absolute Gasteiger partial charge is 0.368 e. The molecular formula is C6H10N2O2. The highest BCUT2D eigenvalue weighted by molar-refractivity contribution is 5.82. The fraction of sp³-hybridized carbons (Fsp3) is 0.667. The maximum atomic E-state index is 10.6. The fourth-order valence-electron chi connectivity index (χ4n) is 1.22. The Morgan fingerprint density at radius 2 is 2.40 bits per heavy atom. The number of carbonyl (C=O) groups is 2. The van der Waals surface area contributed by atoms with Crippen LogP contribution in [0.15, 0.2) is 0 Å².